The number of anilines is 2. The van der Waals surface area contributed by atoms with Crippen LogP contribution in [0.25, 0.3) is 22.1 Å². The van der Waals surface area contributed by atoms with Gasteiger partial charge < -0.3 is 31.4 Å². The third-order valence-corrected chi connectivity index (χ3v) is 10.3. The van der Waals surface area contributed by atoms with Gasteiger partial charge >= 0.3 is 0 Å². The number of rotatable bonds is 5. The molecule has 0 bridgehead atoms. The Morgan fingerprint density at radius 3 is 1.76 bits per heavy atom. The van der Waals surface area contributed by atoms with Gasteiger partial charge in [-0.25, -0.2) is 9.97 Å². The summed E-state index contributed by atoms with van der Waals surface area (Å²) in [4.78, 5) is 19.4. The number of nitrogens with zero attached hydrogens (tertiary/aromatic N) is 7. The van der Waals surface area contributed by atoms with Crippen molar-refractivity contribution in [2.75, 3.05) is 11.5 Å². The molecule has 0 amide bonds. The molecule has 0 aliphatic carbocycles. The van der Waals surface area contributed by atoms with Gasteiger partial charge in [0, 0.05) is 34.6 Å². The Morgan fingerprint density at radius 2 is 1.24 bits per heavy atom. The molecule has 6 aromatic rings. The molecule has 6 aromatic heterocycles. The van der Waals surface area contributed by atoms with Crippen molar-refractivity contribution in [3.63, 3.8) is 0 Å². The summed E-state index contributed by atoms with van der Waals surface area (Å²) in [5.74, 6) is 1.08. The molecule has 6 rings (SSSR count). The number of hydrogen-bond acceptors (Lipinski definition) is 8. The minimum atomic E-state index is 0.0980. The lowest BCUT2D eigenvalue weighted by Gasteiger charge is -2.12. The lowest BCUT2D eigenvalue weighted by atomic mass is 10.0. The smallest absolute Gasteiger partial charge is 0.223 e. The molecule has 272 valence electrons. The topological polar surface area (TPSA) is 178 Å². The molecule has 0 fully saturated rings. The number of hydrogen-bond donors (Lipinski definition) is 3. The number of fused-ring (bicyclic) bond motifs is 2. The zero-order valence-electron chi connectivity index (χ0n) is 29.4. The van der Waals surface area contributed by atoms with Gasteiger partial charge in [0.15, 0.2) is 12.4 Å². The van der Waals surface area contributed by atoms with Gasteiger partial charge in [-0.3, -0.25) is 0 Å². The molecule has 0 unspecified atom stereocenters. The highest BCUT2D eigenvalue weighted by molar-refractivity contribution is 6.35. The second kappa shape index (κ2) is 16.2. The molecule has 17 heteroatoms. The lowest BCUT2D eigenvalue weighted by molar-refractivity contribution is -0.615. The second-order valence-corrected chi connectivity index (χ2v) is 14.4. The summed E-state index contributed by atoms with van der Waals surface area (Å²) >= 11 is 30.1. The molecule has 0 saturated heterocycles. The largest absolute Gasteiger partial charge is 0.618 e. The maximum atomic E-state index is 12.4. The first kappa shape index (κ1) is 40.0. The summed E-state index contributed by atoms with van der Waals surface area (Å²) < 4.78 is 3.49. The molecule has 51 heavy (non-hydrogen) atoms. The first-order valence-electron chi connectivity index (χ1n) is 15.8. The number of halogens is 5. The van der Waals surface area contributed by atoms with Crippen LogP contribution < -0.4 is 20.9 Å². The van der Waals surface area contributed by atoms with Crippen LogP contribution in [0.15, 0.2) is 24.8 Å². The van der Waals surface area contributed by atoms with E-state index in [2.05, 4.69) is 52.6 Å². The number of aryl methyl sites for hydroxylation is 2. The van der Waals surface area contributed by atoms with Crippen LogP contribution in [0.1, 0.15) is 84.3 Å². The third kappa shape index (κ3) is 8.47. The molecule has 6 heterocycles. The fourth-order valence-corrected chi connectivity index (χ4v) is 6.73. The van der Waals surface area contributed by atoms with Crippen LogP contribution in [-0.4, -0.2) is 29.5 Å². The first-order valence-corrected chi connectivity index (χ1v) is 17.8. The van der Waals surface area contributed by atoms with Gasteiger partial charge in [0.1, 0.15) is 34.0 Å². The predicted octanol–water partition coefficient (Wildman–Crippen LogP) is 8.39. The summed E-state index contributed by atoms with van der Waals surface area (Å²) in [6.45, 7) is 15.9. The van der Waals surface area contributed by atoms with E-state index in [1.165, 1.54) is 12.4 Å². The molecule has 0 aromatic carbocycles. The van der Waals surface area contributed by atoms with E-state index in [9.17, 15) is 10.4 Å². The summed E-state index contributed by atoms with van der Waals surface area (Å²) in [7, 11) is 0. The summed E-state index contributed by atoms with van der Waals surface area (Å²) in [5, 5.41) is 27.2. The maximum absolute atomic E-state index is 12.4. The third-order valence-electron chi connectivity index (χ3n) is 8.32. The highest BCUT2D eigenvalue weighted by Gasteiger charge is 2.22. The monoisotopic (exact) mass is 794 g/mol. The van der Waals surface area contributed by atoms with Crippen molar-refractivity contribution >= 4 is 92.0 Å². The van der Waals surface area contributed by atoms with Crippen LogP contribution in [-0.2, 0) is 12.4 Å². The molecule has 5 N–H and O–H groups in total. The highest BCUT2D eigenvalue weighted by atomic mass is 35.5. The number of aromatic nitrogens is 8. The van der Waals surface area contributed by atoms with Crippen LogP contribution in [0.2, 0.25) is 20.4 Å². The Labute approximate surface area is 320 Å². The standard InChI is InChI=1S/C17H19Cl2N5O.C9H11ClN4.C8H9Cl2NO/c1-8(2)11-6-23(16-13(11)15(19)21-17(20)22-16)7-12-10(4)14(18)9(3)5-24(12)25;1-4(2)5-3-12-8-6(5)7(10)13-9(11)14-8;1-5-4-11(12)7(3-9)6(2)8(5)10/h5-6,8H,7H2,1-4H3,(H2,20,21,22);3-4H,1-2H3,(H3,11,12,13,14);4H,3H2,1-2H3. The van der Waals surface area contributed by atoms with Crippen LogP contribution in [0.4, 0.5) is 11.9 Å². The number of aromatic amines is 1. The Hall–Kier alpha value is -3.81. The Kier molecular flexibility index (Phi) is 12.7. The van der Waals surface area contributed by atoms with Crippen molar-refractivity contribution in [2.24, 2.45) is 0 Å². The maximum Gasteiger partial charge on any atom is 0.223 e. The Morgan fingerprint density at radius 1 is 0.745 bits per heavy atom. The van der Waals surface area contributed by atoms with E-state index in [1.54, 1.807) is 13.8 Å². The molecule has 0 aliphatic rings. The predicted molar refractivity (Wildman–Crippen MR) is 207 cm³/mol. The van der Waals surface area contributed by atoms with E-state index in [4.69, 9.17) is 69.5 Å². The fourth-order valence-electron chi connectivity index (χ4n) is 5.53. The zero-order chi connectivity index (χ0) is 38.1. The van der Waals surface area contributed by atoms with E-state index >= 15 is 0 Å². The van der Waals surface area contributed by atoms with Crippen LogP contribution in [0.3, 0.4) is 0 Å². The Bertz CT molecular complexity index is 2230. The summed E-state index contributed by atoms with van der Waals surface area (Å²) in [6.07, 6.45) is 6.76. The van der Waals surface area contributed by atoms with E-state index in [-0.39, 0.29) is 23.7 Å². The van der Waals surface area contributed by atoms with Gasteiger partial charge in [0.2, 0.25) is 23.3 Å². The van der Waals surface area contributed by atoms with Gasteiger partial charge in [-0.05, 0) is 50.7 Å². The van der Waals surface area contributed by atoms with E-state index < -0.39 is 0 Å². The average molecular weight is 797 g/mol. The molecular formula is C34H39Cl5N10O2. The van der Waals surface area contributed by atoms with E-state index in [0.29, 0.717) is 55.5 Å². The highest BCUT2D eigenvalue weighted by Crippen LogP contribution is 2.33. The minimum Gasteiger partial charge on any atom is -0.618 e. The van der Waals surface area contributed by atoms with Gasteiger partial charge in [0.25, 0.3) is 0 Å². The van der Waals surface area contributed by atoms with Gasteiger partial charge in [0.05, 0.1) is 20.8 Å². The molecule has 0 radical (unpaired) electrons. The van der Waals surface area contributed by atoms with Crippen molar-refractivity contribution in [3.05, 3.63) is 100 Å². The number of H-pyrrole nitrogens is 1. The molecule has 0 aliphatic heterocycles. The van der Waals surface area contributed by atoms with Gasteiger partial charge in [-0.1, -0.05) is 74.1 Å². The van der Waals surface area contributed by atoms with Gasteiger partial charge in [-0.2, -0.15) is 19.4 Å². The number of nitrogens with two attached hydrogens (primary N) is 2. The quantitative estimate of drug-likeness (QED) is 0.0674. The van der Waals surface area contributed by atoms with Crippen molar-refractivity contribution in [1.82, 2.24) is 29.5 Å². The normalized spacial score (nSPS) is 11.3. The van der Waals surface area contributed by atoms with Crippen molar-refractivity contribution in [2.45, 2.75) is 79.7 Å². The number of nitrogens with one attached hydrogen (secondary N) is 1. The van der Waals surface area contributed by atoms with Crippen molar-refractivity contribution < 1.29 is 9.46 Å². The Balaban J connectivity index is 0.000000189. The van der Waals surface area contributed by atoms with Crippen molar-refractivity contribution in [1.29, 1.82) is 0 Å². The van der Waals surface area contributed by atoms with Gasteiger partial charge in [-0.15, -0.1) is 11.6 Å². The van der Waals surface area contributed by atoms with E-state index in [1.807, 2.05) is 30.8 Å². The summed E-state index contributed by atoms with van der Waals surface area (Å²) in [6, 6.07) is 0. The molecule has 0 spiro atoms. The minimum absolute atomic E-state index is 0.0980. The van der Waals surface area contributed by atoms with Crippen LogP contribution in [0.5, 0.6) is 0 Å². The second-order valence-electron chi connectivity index (χ2n) is 12.6. The number of alkyl halides is 1. The fraction of sp³-hybridized carbons (Fsp3) is 0.353. The van der Waals surface area contributed by atoms with Crippen LogP contribution in [0, 0.1) is 38.1 Å². The number of pyridine rings is 2. The SMILES string of the molecule is CC(C)c1c[nH]c2nc(N)nc(Cl)c12.Cc1c[n+]([O-])c(CCl)c(C)c1Cl.Cc1c[n+]([O-])c(Cn2cc(C(C)C)c3c(Cl)nc(N)nc32)c(C)c1Cl. The molecule has 0 atom stereocenters. The first-order chi connectivity index (χ1) is 23.9. The van der Waals surface area contributed by atoms with Crippen molar-refractivity contribution in [3.8, 4) is 0 Å². The summed E-state index contributed by atoms with van der Waals surface area (Å²) in [5.41, 5.74) is 18.8. The molecular weight excluding hydrogens is 758 g/mol. The van der Waals surface area contributed by atoms with E-state index in [0.717, 1.165) is 53.6 Å². The van der Waals surface area contributed by atoms with Crippen LogP contribution >= 0.6 is 58.0 Å². The molecule has 0 saturated carbocycles. The molecule has 12 nitrogen and oxygen atoms in total. The number of nitrogen functional groups attached to an aromatic ring is 2. The zero-order valence-corrected chi connectivity index (χ0v) is 33.1. The average Bonchev–Trinajstić information content (AvgIpc) is 3.64. The lowest BCUT2D eigenvalue weighted by Crippen LogP contribution is -2.34.